The van der Waals surface area contributed by atoms with Gasteiger partial charge in [-0.2, -0.15) is 0 Å². The van der Waals surface area contributed by atoms with Crippen molar-refractivity contribution in [1.29, 1.82) is 0 Å². The van der Waals surface area contributed by atoms with E-state index in [0.29, 0.717) is 0 Å². The van der Waals surface area contributed by atoms with Crippen molar-refractivity contribution in [1.82, 2.24) is 5.32 Å². The van der Waals surface area contributed by atoms with Crippen LogP contribution in [0.25, 0.3) is 0 Å². The largest absolute Gasteiger partial charge is 0.299 e. The summed E-state index contributed by atoms with van der Waals surface area (Å²) >= 11 is 7.76. The molecule has 1 aromatic rings. The van der Waals surface area contributed by atoms with Gasteiger partial charge in [0, 0.05) is 0 Å². The Morgan fingerprint density at radius 2 is 2.43 bits per heavy atom. The summed E-state index contributed by atoms with van der Waals surface area (Å²) in [7, 11) is 0. The minimum Gasteiger partial charge on any atom is -0.299 e. The summed E-state index contributed by atoms with van der Waals surface area (Å²) in [4.78, 5) is 1.06. The second kappa shape index (κ2) is 5.41. The van der Waals surface area contributed by atoms with E-state index in [4.69, 9.17) is 18.0 Å². The third kappa shape index (κ3) is 2.51. The summed E-state index contributed by atoms with van der Waals surface area (Å²) in [6.07, 6.45) is 6.53. The van der Waals surface area contributed by atoms with E-state index in [9.17, 15) is 0 Å². The first-order valence-electron chi connectivity index (χ1n) is 4.63. The first-order valence-corrected chi connectivity index (χ1v) is 5.89. The summed E-state index contributed by atoms with van der Waals surface area (Å²) < 4.78 is 0. The van der Waals surface area contributed by atoms with E-state index in [1.165, 1.54) is 0 Å². The summed E-state index contributed by atoms with van der Waals surface area (Å²) in [5, 5.41) is 6.12. The molecule has 0 aromatic carbocycles. The highest BCUT2D eigenvalue weighted by atomic mass is 35.5. The molecule has 0 aliphatic carbocycles. The van der Waals surface area contributed by atoms with Gasteiger partial charge in [-0.3, -0.25) is 5.32 Å². The molecule has 0 saturated carbocycles. The summed E-state index contributed by atoms with van der Waals surface area (Å²) in [5.74, 6) is 2.72. The summed E-state index contributed by atoms with van der Waals surface area (Å²) in [5.41, 5.74) is 1.10. The Morgan fingerprint density at radius 1 is 1.71 bits per heavy atom. The zero-order valence-corrected chi connectivity index (χ0v) is 10.0. The predicted molar refractivity (Wildman–Crippen MR) is 63.9 cm³/mol. The topological polar surface area (TPSA) is 12.0 Å². The van der Waals surface area contributed by atoms with Gasteiger partial charge in [0.25, 0.3) is 0 Å². The molecule has 1 atom stereocenters. The van der Waals surface area contributed by atoms with Gasteiger partial charge in [0.2, 0.25) is 0 Å². The number of rotatable bonds is 4. The lowest BCUT2D eigenvalue weighted by molar-refractivity contribution is 0.633. The van der Waals surface area contributed by atoms with E-state index in [-0.39, 0.29) is 6.04 Å². The van der Waals surface area contributed by atoms with Crippen molar-refractivity contribution >= 4 is 22.9 Å². The van der Waals surface area contributed by atoms with Crippen molar-refractivity contribution in [2.24, 2.45) is 0 Å². The van der Waals surface area contributed by atoms with Crippen molar-refractivity contribution in [3.8, 4) is 12.3 Å². The standard InChI is InChI=1S/C11H14ClNS/c1-4-6-13-9(5-2)11-10(12)8(3)7-14-11/h2,7,9,13H,4,6H2,1,3H3. The molecular weight excluding hydrogens is 214 g/mol. The van der Waals surface area contributed by atoms with Gasteiger partial charge in [-0.05, 0) is 30.8 Å². The molecule has 1 aromatic heterocycles. The lowest BCUT2D eigenvalue weighted by Gasteiger charge is -2.10. The molecule has 0 fully saturated rings. The van der Waals surface area contributed by atoms with Crippen LogP contribution in [0, 0.1) is 19.3 Å². The lowest BCUT2D eigenvalue weighted by atomic mass is 10.2. The van der Waals surface area contributed by atoms with E-state index < -0.39 is 0 Å². The Kier molecular flexibility index (Phi) is 4.47. The third-order valence-electron chi connectivity index (χ3n) is 1.95. The summed E-state index contributed by atoms with van der Waals surface area (Å²) in [6, 6.07) is -0.0406. The molecule has 0 aliphatic heterocycles. The van der Waals surface area contributed by atoms with Crippen molar-refractivity contribution in [2.75, 3.05) is 6.54 Å². The van der Waals surface area contributed by atoms with Crippen molar-refractivity contribution in [3.63, 3.8) is 0 Å². The Morgan fingerprint density at radius 3 is 2.86 bits per heavy atom. The van der Waals surface area contributed by atoms with Crippen molar-refractivity contribution < 1.29 is 0 Å². The first-order chi connectivity index (χ1) is 6.70. The number of hydrogen-bond donors (Lipinski definition) is 1. The molecular formula is C11H14ClNS. The number of hydrogen-bond acceptors (Lipinski definition) is 2. The van der Waals surface area contributed by atoms with Gasteiger partial charge in [-0.1, -0.05) is 24.4 Å². The molecule has 14 heavy (non-hydrogen) atoms. The smallest absolute Gasteiger partial charge is 0.105 e. The third-order valence-corrected chi connectivity index (χ3v) is 3.73. The van der Waals surface area contributed by atoms with Crippen LogP contribution in [0.3, 0.4) is 0 Å². The molecule has 0 radical (unpaired) electrons. The molecule has 1 heterocycles. The maximum absolute atomic E-state index is 6.14. The van der Waals surface area contributed by atoms with E-state index in [1.54, 1.807) is 11.3 Å². The average Bonchev–Trinajstić information content (AvgIpc) is 2.51. The van der Waals surface area contributed by atoms with Crippen LogP contribution in [-0.4, -0.2) is 6.54 Å². The number of terminal acetylenes is 1. The summed E-state index contributed by atoms with van der Waals surface area (Å²) in [6.45, 7) is 5.03. The number of thiophene rings is 1. The van der Waals surface area contributed by atoms with Crippen molar-refractivity contribution in [2.45, 2.75) is 26.3 Å². The van der Waals surface area contributed by atoms with Crippen LogP contribution in [0.15, 0.2) is 5.38 Å². The van der Waals surface area contributed by atoms with Crippen LogP contribution >= 0.6 is 22.9 Å². The molecule has 3 heteroatoms. The van der Waals surface area contributed by atoms with Gasteiger partial charge in [-0.15, -0.1) is 17.8 Å². The quantitative estimate of drug-likeness (QED) is 0.778. The zero-order valence-electron chi connectivity index (χ0n) is 8.43. The maximum atomic E-state index is 6.14. The molecule has 0 saturated heterocycles. The van der Waals surface area contributed by atoms with Crippen LogP contribution in [0.1, 0.15) is 29.8 Å². The second-order valence-corrected chi connectivity index (χ2v) is 4.44. The highest BCUT2D eigenvalue weighted by molar-refractivity contribution is 7.10. The van der Waals surface area contributed by atoms with Gasteiger partial charge in [0.05, 0.1) is 9.90 Å². The van der Waals surface area contributed by atoms with Gasteiger partial charge in [-0.25, -0.2) is 0 Å². The number of aryl methyl sites for hydroxylation is 1. The monoisotopic (exact) mass is 227 g/mol. The van der Waals surface area contributed by atoms with Crippen LogP contribution in [0.4, 0.5) is 0 Å². The fourth-order valence-electron chi connectivity index (χ4n) is 1.16. The van der Waals surface area contributed by atoms with E-state index in [0.717, 1.165) is 28.4 Å². The van der Waals surface area contributed by atoms with Crippen LogP contribution in [0.2, 0.25) is 5.02 Å². The van der Waals surface area contributed by atoms with E-state index in [2.05, 4.69) is 18.2 Å². The minimum absolute atomic E-state index is 0.0406. The highest BCUT2D eigenvalue weighted by Gasteiger charge is 2.14. The molecule has 1 rings (SSSR count). The molecule has 0 spiro atoms. The average molecular weight is 228 g/mol. The molecule has 1 nitrogen and oxygen atoms in total. The van der Waals surface area contributed by atoms with Gasteiger partial charge >= 0.3 is 0 Å². The van der Waals surface area contributed by atoms with Crippen LogP contribution < -0.4 is 5.32 Å². The fraction of sp³-hybridized carbons (Fsp3) is 0.455. The van der Waals surface area contributed by atoms with Gasteiger partial charge in [0.1, 0.15) is 6.04 Å². The molecule has 76 valence electrons. The molecule has 0 bridgehead atoms. The molecule has 1 unspecified atom stereocenters. The number of halogens is 1. The van der Waals surface area contributed by atoms with E-state index >= 15 is 0 Å². The molecule has 0 aliphatic rings. The van der Waals surface area contributed by atoms with Crippen molar-refractivity contribution in [3.05, 3.63) is 20.8 Å². The number of nitrogens with one attached hydrogen (secondary N) is 1. The minimum atomic E-state index is -0.0406. The predicted octanol–water partition coefficient (Wildman–Crippen LogP) is 3.38. The maximum Gasteiger partial charge on any atom is 0.105 e. The highest BCUT2D eigenvalue weighted by Crippen LogP contribution is 2.31. The SMILES string of the molecule is C#CC(NCCC)c1scc(C)c1Cl. The van der Waals surface area contributed by atoms with Gasteiger partial charge < -0.3 is 0 Å². The van der Waals surface area contributed by atoms with E-state index in [1.807, 2.05) is 12.3 Å². The van der Waals surface area contributed by atoms with Gasteiger partial charge in [0.15, 0.2) is 0 Å². The fourth-order valence-corrected chi connectivity index (χ4v) is 2.50. The Bertz CT molecular complexity index is 338. The van der Waals surface area contributed by atoms with Crippen LogP contribution in [0.5, 0.6) is 0 Å². The zero-order chi connectivity index (χ0) is 10.6. The van der Waals surface area contributed by atoms with Crippen LogP contribution in [-0.2, 0) is 0 Å². The lowest BCUT2D eigenvalue weighted by Crippen LogP contribution is -2.19. The molecule has 0 amide bonds. The first kappa shape index (κ1) is 11.6. The molecule has 1 N–H and O–H groups in total. The Hall–Kier alpha value is -0.490. The second-order valence-electron chi connectivity index (χ2n) is 3.15. The Labute approximate surface area is 94.5 Å². The Balaban J connectivity index is 2.80. The normalized spacial score (nSPS) is 12.4.